The van der Waals surface area contributed by atoms with Gasteiger partial charge < -0.3 is 10.6 Å². The van der Waals surface area contributed by atoms with E-state index in [9.17, 15) is 0 Å². The van der Waals surface area contributed by atoms with Crippen LogP contribution in [0.15, 0.2) is 53.7 Å². The van der Waals surface area contributed by atoms with E-state index in [1.54, 1.807) is 7.05 Å². The quantitative estimate of drug-likeness (QED) is 0.569. The molecule has 1 aromatic carbocycles. The maximum atomic E-state index is 4.34. The highest BCUT2D eigenvalue weighted by Gasteiger charge is 2.18. The molecule has 1 fully saturated rings. The van der Waals surface area contributed by atoms with Crippen LogP contribution in [0.2, 0.25) is 0 Å². The van der Waals surface area contributed by atoms with E-state index >= 15 is 0 Å². The van der Waals surface area contributed by atoms with Crippen LogP contribution in [0.3, 0.4) is 0 Å². The van der Waals surface area contributed by atoms with Gasteiger partial charge in [-0.1, -0.05) is 49.6 Å². The average Bonchev–Trinajstić information content (AvgIpc) is 2.76. The van der Waals surface area contributed by atoms with Crippen molar-refractivity contribution < 1.29 is 0 Å². The van der Waals surface area contributed by atoms with Gasteiger partial charge in [0, 0.05) is 32.4 Å². The Kier molecular flexibility index (Phi) is 7.85. The van der Waals surface area contributed by atoms with Crippen LogP contribution in [0.1, 0.15) is 48.9 Å². The molecule has 0 spiro atoms. The third kappa shape index (κ3) is 6.06. The van der Waals surface area contributed by atoms with E-state index in [0.29, 0.717) is 6.54 Å². The van der Waals surface area contributed by atoms with Crippen molar-refractivity contribution in [3.05, 3.63) is 65.5 Å². The molecule has 0 radical (unpaired) electrons. The Morgan fingerprint density at radius 1 is 1.00 bits per heavy atom. The van der Waals surface area contributed by atoms with Gasteiger partial charge in [-0.2, -0.15) is 0 Å². The summed E-state index contributed by atoms with van der Waals surface area (Å²) in [5.74, 6) is 0.793. The van der Waals surface area contributed by atoms with Crippen LogP contribution in [-0.4, -0.2) is 36.0 Å². The zero-order chi connectivity index (χ0) is 19.6. The van der Waals surface area contributed by atoms with Crippen LogP contribution in [0, 0.1) is 0 Å². The average molecular weight is 380 g/mol. The molecule has 2 aromatic rings. The molecule has 2 N–H and O–H groups in total. The number of benzene rings is 1. The van der Waals surface area contributed by atoms with Crippen molar-refractivity contribution in [1.82, 2.24) is 20.5 Å². The maximum absolute atomic E-state index is 4.34. The van der Waals surface area contributed by atoms with Crippen molar-refractivity contribution in [2.75, 3.05) is 14.1 Å². The van der Waals surface area contributed by atoms with Crippen LogP contribution in [0.4, 0.5) is 0 Å². The molecule has 0 unspecified atom stereocenters. The first-order valence-electron chi connectivity index (χ1n) is 10.4. The monoisotopic (exact) mass is 379 g/mol. The van der Waals surface area contributed by atoms with Gasteiger partial charge in [0.1, 0.15) is 0 Å². The lowest BCUT2D eigenvalue weighted by Gasteiger charge is -2.31. The first-order chi connectivity index (χ1) is 13.8. The summed E-state index contributed by atoms with van der Waals surface area (Å²) < 4.78 is 0. The van der Waals surface area contributed by atoms with E-state index in [1.165, 1.54) is 43.2 Å². The molecule has 1 saturated carbocycles. The number of hydrogen-bond acceptors (Lipinski definition) is 3. The minimum Gasteiger partial charge on any atom is -0.352 e. The lowest BCUT2D eigenvalue weighted by atomic mass is 9.94. The van der Waals surface area contributed by atoms with Crippen molar-refractivity contribution in [2.24, 2.45) is 4.99 Å². The number of aliphatic imine (C=N–C) groups is 1. The second-order valence-electron chi connectivity index (χ2n) is 7.58. The number of nitrogens with zero attached hydrogens (tertiary/aromatic N) is 3. The fourth-order valence-electron chi connectivity index (χ4n) is 3.88. The molecule has 0 saturated heterocycles. The van der Waals surface area contributed by atoms with Gasteiger partial charge in [0.15, 0.2) is 5.96 Å². The Labute approximate surface area is 169 Å². The normalized spacial score (nSPS) is 15.6. The highest BCUT2D eigenvalue weighted by Crippen LogP contribution is 2.23. The van der Waals surface area contributed by atoms with Crippen molar-refractivity contribution in [1.29, 1.82) is 0 Å². The summed E-state index contributed by atoms with van der Waals surface area (Å²) in [5.41, 5.74) is 3.72. The molecule has 0 aliphatic heterocycles. The minimum absolute atomic E-state index is 0.659. The largest absolute Gasteiger partial charge is 0.352 e. The van der Waals surface area contributed by atoms with Gasteiger partial charge >= 0.3 is 0 Å². The Morgan fingerprint density at radius 3 is 2.43 bits per heavy atom. The SMILES string of the molecule is CN=C(NCc1ccccn1)NCc1ccccc1CN(C)C1CCCCC1. The third-order valence-corrected chi connectivity index (χ3v) is 5.57. The summed E-state index contributed by atoms with van der Waals surface area (Å²) in [4.78, 5) is 11.2. The van der Waals surface area contributed by atoms with Gasteiger partial charge in [0.2, 0.25) is 0 Å². The molecular weight excluding hydrogens is 346 g/mol. The van der Waals surface area contributed by atoms with Crippen molar-refractivity contribution in [3.8, 4) is 0 Å². The van der Waals surface area contributed by atoms with E-state index in [2.05, 4.69) is 56.8 Å². The van der Waals surface area contributed by atoms with Crippen LogP contribution in [0.25, 0.3) is 0 Å². The number of aromatic nitrogens is 1. The Balaban J connectivity index is 1.54. The Hall–Kier alpha value is -2.40. The molecule has 0 bridgehead atoms. The highest BCUT2D eigenvalue weighted by atomic mass is 15.2. The molecule has 0 amide bonds. The molecule has 5 nitrogen and oxygen atoms in total. The standard InChI is InChI=1S/C23H33N5/c1-24-23(27-17-21-12-8-9-15-25-21)26-16-19-10-6-7-11-20(19)18-28(2)22-13-4-3-5-14-22/h6-12,15,22H,3-5,13-14,16-18H2,1-2H3,(H2,24,26,27). The molecule has 28 heavy (non-hydrogen) atoms. The highest BCUT2D eigenvalue weighted by molar-refractivity contribution is 5.79. The molecule has 1 aliphatic rings. The van der Waals surface area contributed by atoms with Gasteiger partial charge in [-0.05, 0) is 43.1 Å². The number of hydrogen-bond donors (Lipinski definition) is 2. The molecule has 5 heteroatoms. The van der Waals surface area contributed by atoms with E-state index in [0.717, 1.165) is 30.8 Å². The second-order valence-corrected chi connectivity index (χ2v) is 7.58. The molecule has 0 atom stereocenters. The molecular formula is C23H33N5. The smallest absolute Gasteiger partial charge is 0.191 e. The molecule has 3 rings (SSSR count). The molecule has 150 valence electrons. The zero-order valence-corrected chi connectivity index (χ0v) is 17.2. The fraction of sp³-hybridized carbons (Fsp3) is 0.478. The van der Waals surface area contributed by atoms with Gasteiger partial charge in [-0.25, -0.2) is 0 Å². The van der Waals surface area contributed by atoms with Gasteiger partial charge in [0.05, 0.1) is 12.2 Å². The lowest BCUT2D eigenvalue weighted by Crippen LogP contribution is -2.37. The van der Waals surface area contributed by atoms with Crippen molar-refractivity contribution in [2.45, 2.75) is 57.8 Å². The minimum atomic E-state index is 0.659. The van der Waals surface area contributed by atoms with E-state index in [1.807, 2.05) is 24.4 Å². The fourth-order valence-corrected chi connectivity index (χ4v) is 3.88. The van der Waals surface area contributed by atoms with Crippen LogP contribution in [-0.2, 0) is 19.6 Å². The first kappa shape index (κ1) is 20.3. The zero-order valence-electron chi connectivity index (χ0n) is 17.2. The van der Waals surface area contributed by atoms with Crippen LogP contribution >= 0.6 is 0 Å². The van der Waals surface area contributed by atoms with Gasteiger partial charge in [-0.3, -0.25) is 14.9 Å². The van der Waals surface area contributed by atoms with E-state index < -0.39 is 0 Å². The molecule has 1 aliphatic carbocycles. The molecule has 1 aromatic heterocycles. The Bertz CT molecular complexity index is 738. The first-order valence-corrected chi connectivity index (χ1v) is 10.4. The van der Waals surface area contributed by atoms with E-state index in [4.69, 9.17) is 0 Å². The van der Waals surface area contributed by atoms with Gasteiger partial charge in [-0.15, -0.1) is 0 Å². The van der Waals surface area contributed by atoms with Crippen LogP contribution < -0.4 is 10.6 Å². The third-order valence-electron chi connectivity index (χ3n) is 5.57. The number of rotatable bonds is 7. The summed E-state index contributed by atoms with van der Waals surface area (Å²) in [5, 5.41) is 6.78. The van der Waals surface area contributed by atoms with Crippen molar-refractivity contribution >= 4 is 5.96 Å². The van der Waals surface area contributed by atoms with Crippen molar-refractivity contribution in [3.63, 3.8) is 0 Å². The number of pyridine rings is 1. The summed E-state index contributed by atoms with van der Waals surface area (Å²) in [6.07, 6.45) is 8.62. The summed E-state index contributed by atoms with van der Waals surface area (Å²) in [6, 6.07) is 15.4. The van der Waals surface area contributed by atoms with Gasteiger partial charge in [0.25, 0.3) is 0 Å². The molecule has 1 heterocycles. The maximum Gasteiger partial charge on any atom is 0.191 e. The van der Waals surface area contributed by atoms with Crippen LogP contribution in [0.5, 0.6) is 0 Å². The number of nitrogens with one attached hydrogen (secondary N) is 2. The summed E-state index contributed by atoms with van der Waals surface area (Å²) in [6.45, 7) is 2.42. The predicted molar refractivity (Wildman–Crippen MR) is 116 cm³/mol. The predicted octanol–water partition coefficient (Wildman–Crippen LogP) is 3.71. The summed E-state index contributed by atoms with van der Waals surface area (Å²) >= 11 is 0. The topological polar surface area (TPSA) is 52.6 Å². The van der Waals surface area contributed by atoms with E-state index in [-0.39, 0.29) is 0 Å². The second kappa shape index (κ2) is 10.8. The Morgan fingerprint density at radius 2 is 1.71 bits per heavy atom. The lowest BCUT2D eigenvalue weighted by molar-refractivity contribution is 0.184. The summed E-state index contributed by atoms with van der Waals surface area (Å²) in [7, 11) is 4.07. The number of guanidine groups is 1.